The van der Waals surface area contributed by atoms with E-state index < -0.39 is 0 Å². The number of fused-ring (bicyclic) bond motifs is 5. The van der Waals surface area contributed by atoms with Crippen LogP contribution >= 0.6 is 0 Å². The largest absolute Gasteiger partial charge is 0.456 e. The third kappa shape index (κ3) is 4.24. The molecule has 0 unspecified atom stereocenters. The van der Waals surface area contributed by atoms with E-state index in [1.165, 1.54) is 0 Å². The van der Waals surface area contributed by atoms with E-state index in [-0.39, 0.29) is 105 Å². The highest BCUT2D eigenvalue weighted by molar-refractivity contribution is 6.22. The molecule has 1 nitrogen and oxygen atoms in total. The summed E-state index contributed by atoms with van der Waals surface area (Å²) in [5.41, 5.74) is 2.67. The molecule has 9 rings (SSSR count). The van der Waals surface area contributed by atoms with Crippen molar-refractivity contribution >= 4 is 43.5 Å². The molecule has 0 bridgehead atoms. The highest BCUT2D eigenvalue weighted by Crippen LogP contribution is 2.45. The van der Waals surface area contributed by atoms with Crippen LogP contribution in [0.15, 0.2) is 174 Å². The van der Waals surface area contributed by atoms with Crippen LogP contribution in [0.2, 0.25) is 0 Å². The lowest BCUT2D eigenvalue weighted by Gasteiger charge is -2.18. The summed E-state index contributed by atoms with van der Waals surface area (Å²) in [7, 11) is 0. The molecule has 0 aliphatic heterocycles. The third-order valence-electron chi connectivity index (χ3n) is 8.19. The lowest BCUT2D eigenvalue weighted by molar-refractivity contribution is 0.669. The van der Waals surface area contributed by atoms with Gasteiger partial charge in [-0.2, -0.15) is 0 Å². The van der Waals surface area contributed by atoms with Crippen molar-refractivity contribution < 1.29 is 18.1 Å². The first-order valence-electron chi connectivity index (χ1n) is 19.6. The number of hydrogen-bond acceptors (Lipinski definition) is 1. The molecular formula is C44H28O. The molecule has 0 spiro atoms. The Morgan fingerprint density at radius 1 is 0.333 bits per heavy atom. The predicted octanol–water partition coefficient (Wildman–Crippen LogP) is 12.6. The van der Waals surface area contributed by atoms with E-state index in [0.717, 1.165) is 0 Å². The molecule has 0 N–H and O–H groups in total. The maximum Gasteiger partial charge on any atom is 0.136 e. The Labute approximate surface area is 275 Å². The summed E-state index contributed by atoms with van der Waals surface area (Å²) in [6.07, 6.45) is 0. The summed E-state index contributed by atoms with van der Waals surface area (Å²) < 4.78 is 97.8. The Bertz CT molecular complexity index is 3030. The van der Waals surface area contributed by atoms with Crippen molar-refractivity contribution in [2.45, 2.75) is 0 Å². The van der Waals surface area contributed by atoms with Crippen LogP contribution in [0.5, 0.6) is 0 Å². The Hall–Kier alpha value is -5.92. The molecule has 210 valence electrons. The molecule has 0 saturated heterocycles. The first-order chi connectivity index (χ1) is 26.5. The highest BCUT2D eigenvalue weighted by atomic mass is 16.3. The van der Waals surface area contributed by atoms with E-state index in [9.17, 15) is 5.48 Å². The molecular weight excluding hydrogens is 544 g/mol. The van der Waals surface area contributed by atoms with Crippen molar-refractivity contribution in [1.82, 2.24) is 0 Å². The number of hydrogen-bond donors (Lipinski definition) is 0. The summed E-state index contributed by atoms with van der Waals surface area (Å²) in [5.74, 6) is 0. The number of benzene rings is 8. The average Bonchev–Trinajstić information content (AvgIpc) is 3.62. The summed E-state index contributed by atoms with van der Waals surface area (Å²) in [4.78, 5) is 0. The van der Waals surface area contributed by atoms with Crippen LogP contribution in [0, 0.1) is 0 Å². The Morgan fingerprint density at radius 2 is 0.733 bits per heavy atom. The second-order valence-corrected chi connectivity index (χ2v) is 10.8. The van der Waals surface area contributed by atoms with Crippen LogP contribution in [0.1, 0.15) is 13.7 Å². The zero-order valence-corrected chi connectivity index (χ0v) is 23.8. The maximum absolute atomic E-state index is 9.60. The van der Waals surface area contributed by atoms with E-state index in [4.69, 9.17) is 12.6 Å². The topological polar surface area (TPSA) is 13.1 Å². The smallest absolute Gasteiger partial charge is 0.136 e. The molecule has 0 aliphatic rings. The Kier molecular flexibility index (Phi) is 4.01. The summed E-state index contributed by atoms with van der Waals surface area (Å²) in [6, 6.07) is 30.0. The van der Waals surface area contributed by atoms with Crippen LogP contribution in [0.25, 0.3) is 88.0 Å². The van der Waals surface area contributed by atoms with Crippen molar-refractivity contribution in [3.63, 3.8) is 0 Å². The van der Waals surface area contributed by atoms with Gasteiger partial charge in [0.2, 0.25) is 0 Å². The molecule has 0 amide bonds. The summed E-state index contributed by atoms with van der Waals surface area (Å²) in [5, 5.41) is 2.36. The van der Waals surface area contributed by atoms with Gasteiger partial charge in [0.25, 0.3) is 0 Å². The predicted molar refractivity (Wildman–Crippen MR) is 190 cm³/mol. The second kappa shape index (κ2) is 10.4. The van der Waals surface area contributed by atoms with Gasteiger partial charge < -0.3 is 4.42 Å². The number of furan rings is 1. The molecule has 1 heterocycles. The van der Waals surface area contributed by atoms with Crippen molar-refractivity contribution in [1.29, 1.82) is 0 Å². The lowest BCUT2D eigenvalue weighted by Crippen LogP contribution is -1.91. The molecule has 0 fully saturated rings. The third-order valence-corrected chi connectivity index (χ3v) is 8.19. The van der Waals surface area contributed by atoms with Gasteiger partial charge in [-0.25, -0.2) is 0 Å². The van der Waals surface area contributed by atoms with E-state index in [1.54, 1.807) is 60.7 Å². The van der Waals surface area contributed by atoms with E-state index in [0.29, 0.717) is 43.8 Å². The van der Waals surface area contributed by atoms with Gasteiger partial charge in [-0.15, -0.1) is 0 Å². The van der Waals surface area contributed by atoms with Crippen molar-refractivity contribution in [2.75, 3.05) is 0 Å². The Balaban J connectivity index is 1.40. The van der Waals surface area contributed by atoms with Crippen LogP contribution in [0.3, 0.4) is 0 Å². The van der Waals surface area contributed by atoms with Crippen LogP contribution in [0.4, 0.5) is 0 Å². The van der Waals surface area contributed by atoms with Gasteiger partial charge >= 0.3 is 0 Å². The minimum Gasteiger partial charge on any atom is -0.456 e. The molecule has 1 aromatic heterocycles. The maximum atomic E-state index is 9.60. The van der Waals surface area contributed by atoms with E-state index >= 15 is 0 Å². The minimum atomic E-state index is -0.313. The fourth-order valence-electron chi connectivity index (χ4n) is 6.14. The summed E-state index contributed by atoms with van der Waals surface area (Å²) >= 11 is 0. The zero-order chi connectivity index (χ0) is 38.4. The molecule has 0 radical (unpaired) electrons. The molecule has 0 saturated carbocycles. The minimum absolute atomic E-state index is 0.0233. The normalized spacial score (nSPS) is 14.7. The second-order valence-electron chi connectivity index (χ2n) is 10.8. The first-order valence-corrected chi connectivity index (χ1v) is 14.6. The molecule has 0 aliphatic carbocycles. The van der Waals surface area contributed by atoms with Gasteiger partial charge in [0, 0.05) is 10.8 Å². The molecule has 1 heteroatoms. The summed E-state index contributed by atoms with van der Waals surface area (Å²) in [6.45, 7) is 0. The van der Waals surface area contributed by atoms with E-state index in [1.807, 2.05) is 48.5 Å². The van der Waals surface area contributed by atoms with Crippen molar-refractivity contribution in [3.05, 3.63) is 170 Å². The monoisotopic (exact) mass is 582 g/mol. The van der Waals surface area contributed by atoms with Crippen LogP contribution in [-0.4, -0.2) is 0 Å². The van der Waals surface area contributed by atoms with Crippen molar-refractivity contribution in [3.8, 4) is 44.5 Å². The molecule has 0 atom stereocenters. The van der Waals surface area contributed by atoms with Crippen molar-refractivity contribution in [2.24, 2.45) is 0 Å². The standard InChI is InChI=1S/C44H28O/c1-3-12-29(13-4-1)31-16-11-17-33(26-31)43-37-18-7-9-20-39(37)44(40-21-10-8-19-38(40)43)34-23-25-36-35-24-22-32(30-14-5-2-6-15-30)27-41(35)45-42(36)28-34/h1-28H/i11D,16D,17D,22D,23D,24D,25D,26D,27D,28D. The highest BCUT2D eigenvalue weighted by Gasteiger charge is 2.18. The quantitative estimate of drug-likeness (QED) is 0.188. The van der Waals surface area contributed by atoms with Crippen LogP contribution in [-0.2, 0) is 0 Å². The first kappa shape index (κ1) is 17.4. The van der Waals surface area contributed by atoms with E-state index in [2.05, 4.69) is 0 Å². The zero-order valence-electron chi connectivity index (χ0n) is 33.8. The average molecular weight is 583 g/mol. The molecule has 45 heavy (non-hydrogen) atoms. The fourth-order valence-corrected chi connectivity index (χ4v) is 6.14. The molecule has 8 aromatic carbocycles. The Morgan fingerprint density at radius 3 is 1.27 bits per heavy atom. The van der Waals surface area contributed by atoms with Crippen LogP contribution < -0.4 is 0 Å². The lowest BCUT2D eigenvalue weighted by atomic mass is 9.85. The van der Waals surface area contributed by atoms with Gasteiger partial charge in [-0.3, -0.25) is 0 Å². The van der Waals surface area contributed by atoms with Gasteiger partial charge in [0.1, 0.15) is 11.2 Å². The number of rotatable bonds is 4. The molecule has 9 aromatic rings. The fraction of sp³-hybridized carbons (Fsp3) is 0. The van der Waals surface area contributed by atoms with Gasteiger partial charge in [-0.05, 0) is 96.3 Å². The van der Waals surface area contributed by atoms with Gasteiger partial charge in [0.15, 0.2) is 0 Å². The SMILES string of the molecule is [2H]c1c([2H])c(-c2ccccc2)c([2H])c(-c2c3ccccc3c(-c3c([2H])c([2H])c4c(oc5c([2H])c(-c6ccccc6)c([2H])c([2H])c54)c3[2H])c3ccccc23)c1[2H]. The van der Waals surface area contributed by atoms with Gasteiger partial charge in [-0.1, -0.05) is 139 Å². The van der Waals surface area contributed by atoms with Gasteiger partial charge in [0.05, 0.1) is 13.7 Å².